The first-order valence-electron chi connectivity index (χ1n) is 8.91. The number of piperidine rings is 1. The lowest BCUT2D eigenvalue weighted by atomic mass is 10.0. The first-order chi connectivity index (χ1) is 11.9. The molecule has 1 heterocycles. The van der Waals surface area contributed by atoms with Crippen molar-refractivity contribution in [1.29, 1.82) is 0 Å². The number of benzene rings is 2. The van der Waals surface area contributed by atoms with E-state index in [0.29, 0.717) is 6.61 Å². The van der Waals surface area contributed by atoms with Crippen LogP contribution in [0.2, 0.25) is 0 Å². The lowest BCUT2D eigenvalue weighted by molar-refractivity contribution is 0.193. The van der Waals surface area contributed by atoms with E-state index >= 15 is 0 Å². The summed E-state index contributed by atoms with van der Waals surface area (Å²) in [4.78, 5) is 2.50. The molecule has 0 saturated carbocycles. The lowest BCUT2D eigenvalue weighted by Gasteiger charge is -2.32. The minimum atomic E-state index is 0.0910. The van der Waals surface area contributed by atoms with Crippen molar-refractivity contribution in [1.82, 2.24) is 4.90 Å². The molecule has 2 aromatic rings. The molecule has 1 aliphatic heterocycles. The van der Waals surface area contributed by atoms with Crippen LogP contribution < -0.4 is 4.74 Å². The number of nitrogens with zero attached hydrogens (tertiary/aromatic N) is 1. The second-order valence-corrected chi connectivity index (χ2v) is 6.11. The van der Waals surface area contributed by atoms with Gasteiger partial charge in [0, 0.05) is 11.1 Å². The van der Waals surface area contributed by atoms with E-state index in [9.17, 15) is 0 Å². The van der Waals surface area contributed by atoms with Gasteiger partial charge in [-0.2, -0.15) is 0 Å². The Bertz CT molecular complexity index is 693. The molecule has 1 atom stereocenters. The third-order valence-electron chi connectivity index (χ3n) is 4.40. The van der Waals surface area contributed by atoms with Gasteiger partial charge >= 0.3 is 0 Å². The third kappa shape index (κ3) is 4.19. The number of para-hydroxylation sites is 1. The number of rotatable bonds is 4. The molecule has 2 nitrogen and oxygen atoms in total. The van der Waals surface area contributed by atoms with Gasteiger partial charge in [-0.1, -0.05) is 54.7 Å². The summed E-state index contributed by atoms with van der Waals surface area (Å²) in [6.07, 6.45) is 3.82. The van der Waals surface area contributed by atoms with E-state index in [1.54, 1.807) is 0 Å². The minimum Gasteiger partial charge on any atom is -0.493 e. The average molecular weight is 319 g/mol. The maximum absolute atomic E-state index is 5.87. The van der Waals surface area contributed by atoms with Crippen LogP contribution in [-0.4, -0.2) is 24.6 Å². The molecule has 0 amide bonds. The molecule has 1 aliphatic rings. The molecule has 3 rings (SSSR count). The largest absolute Gasteiger partial charge is 0.493 e. The van der Waals surface area contributed by atoms with Crippen LogP contribution in [0, 0.1) is 11.8 Å². The monoisotopic (exact) mass is 319 g/mol. The SMILES string of the molecule is CCOc1ccccc1C(C#Cc1ccccc1)N1CCCCC1. The standard InChI is InChI=1S/C22H25NO/c1-2-24-22-14-8-7-13-20(22)21(23-17-9-4-10-18-23)16-15-19-11-5-3-6-12-19/h3,5-8,11-14,21H,2,4,9-10,17-18H2,1H3. The summed E-state index contributed by atoms with van der Waals surface area (Å²) >= 11 is 0. The summed E-state index contributed by atoms with van der Waals surface area (Å²) in [7, 11) is 0. The van der Waals surface area contributed by atoms with Gasteiger partial charge in [-0.05, 0) is 51.1 Å². The topological polar surface area (TPSA) is 12.5 Å². The number of likely N-dealkylation sites (tertiary alicyclic amines) is 1. The van der Waals surface area contributed by atoms with Crippen molar-refractivity contribution >= 4 is 0 Å². The molecule has 2 aromatic carbocycles. The average Bonchev–Trinajstić information content (AvgIpc) is 2.65. The van der Waals surface area contributed by atoms with E-state index in [-0.39, 0.29) is 6.04 Å². The smallest absolute Gasteiger partial charge is 0.125 e. The maximum atomic E-state index is 5.87. The quantitative estimate of drug-likeness (QED) is 0.760. The molecule has 1 unspecified atom stereocenters. The van der Waals surface area contributed by atoms with E-state index in [4.69, 9.17) is 4.74 Å². The van der Waals surface area contributed by atoms with E-state index < -0.39 is 0 Å². The number of hydrogen-bond donors (Lipinski definition) is 0. The molecular weight excluding hydrogens is 294 g/mol. The van der Waals surface area contributed by atoms with Crippen LogP contribution in [0.15, 0.2) is 54.6 Å². The Morgan fingerprint density at radius 3 is 2.42 bits per heavy atom. The highest BCUT2D eigenvalue weighted by Crippen LogP contribution is 2.31. The fourth-order valence-corrected chi connectivity index (χ4v) is 3.21. The maximum Gasteiger partial charge on any atom is 0.125 e. The van der Waals surface area contributed by atoms with Crippen LogP contribution in [0.5, 0.6) is 5.75 Å². The van der Waals surface area contributed by atoms with Crippen molar-refractivity contribution in [2.24, 2.45) is 0 Å². The molecule has 0 radical (unpaired) electrons. The van der Waals surface area contributed by atoms with E-state index in [1.165, 1.54) is 24.8 Å². The van der Waals surface area contributed by atoms with Crippen LogP contribution in [0.4, 0.5) is 0 Å². The molecule has 124 valence electrons. The summed E-state index contributed by atoms with van der Waals surface area (Å²) in [6, 6.07) is 18.6. The Morgan fingerprint density at radius 1 is 0.958 bits per heavy atom. The Balaban J connectivity index is 1.95. The second-order valence-electron chi connectivity index (χ2n) is 6.11. The van der Waals surface area contributed by atoms with E-state index in [1.807, 2.05) is 31.2 Å². The van der Waals surface area contributed by atoms with Gasteiger partial charge < -0.3 is 4.74 Å². The van der Waals surface area contributed by atoms with E-state index in [2.05, 4.69) is 47.1 Å². The van der Waals surface area contributed by atoms with Gasteiger partial charge in [-0.15, -0.1) is 0 Å². The predicted molar refractivity (Wildman–Crippen MR) is 99.1 cm³/mol. The Hall–Kier alpha value is -2.24. The van der Waals surface area contributed by atoms with Gasteiger partial charge in [0.1, 0.15) is 11.8 Å². The van der Waals surface area contributed by atoms with Crippen LogP contribution >= 0.6 is 0 Å². The number of ether oxygens (including phenoxy) is 1. The minimum absolute atomic E-state index is 0.0910. The molecule has 0 spiro atoms. The summed E-state index contributed by atoms with van der Waals surface area (Å²) < 4.78 is 5.87. The van der Waals surface area contributed by atoms with Gasteiger partial charge in [0.05, 0.1) is 6.61 Å². The molecular formula is C22H25NO. The van der Waals surface area contributed by atoms with Gasteiger partial charge in [-0.3, -0.25) is 4.90 Å². The first-order valence-corrected chi connectivity index (χ1v) is 8.91. The van der Waals surface area contributed by atoms with Crippen molar-refractivity contribution in [2.45, 2.75) is 32.2 Å². The zero-order valence-electron chi connectivity index (χ0n) is 14.4. The normalized spacial score (nSPS) is 16.0. The molecule has 0 N–H and O–H groups in total. The highest BCUT2D eigenvalue weighted by Gasteiger charge is 2.23. The van der Waals surface area contributed by atoms with Gasteiger partial charge in [0.15, 0.2) is 0 Å². The zero-order valence-corrected chi connectivity index (χ0v) is 14.4. The predicted octanol–water partition coefficient (Wildman–Crippen LogP) is 4.66. The van der Waals surface area contributed by atoms with Gasteiger partial charge in [0.25, 0.3) is 0 Å². The Labute approximate surface area is 145 Å². The fraction of sp³-hybridized carbons (Fsp3) is 0.364. The molecule has 0 bridgehead atoms. The number of hydrogen-bond acceptors (Lipinski definition) is 2. The van der Waals surface area contributed by atoms with Crippen molar-refractivity contribution < 1.29 is 4.74 Å². The van der Waals surface area contributed by atoms with E-state index in [0.717, 1.165) is 24.4 Å². The molecule has 0 aliphatic carbocycles. The second kappa shape index (κ2) is 8.57. The molecule has 0 aromatic heterocycles. The first kappa shape index (κ1) is 16.6. The van der Waals surface area contributed by atoms with Gasteiger partial charge in [0.2, 0.25) is 0 Å². The third-order valence-corrected chi connectivity index (χ3v) is 4.40. The molecule has 2 heteroatoms. The Kier molecular flexibility index (Phi) is 5.93. The summed E-state index contributed by atoms with van der Waals surface area (Å²) in [6.45, 7) is 4.92. The molecule has 1 saturated heterocycles. The highest BCUT2D eigenvalue weighted by molar-refractivity contribution is 5.43. The molecule has 24 heavy (non-hydrogen) atoms. The fourth-order valence-electron chi connectivity index (χ4n) is 3.21. The summed E-state index contributed by atoms with van der Waals surface area (Å²) in [5.41, 5.74) is 2.25. The summed E-state index contributed by atoms with van der Waals surface area (Å²) in [5.74, 6) is 7.84. The molecule has 1 fully saturated rings. The van der Waals surface area contributed by atoms with Crippen LogP contribution in [0.25, 0.3) is 0 Å². The zero-order chi connectivity index (χ0) is 16.6. The van der Waals surface area contributed by atoms with Crippen LogP contribution in [0.1, 0.15) is 43.4 Å². The Morgan fingerprint density at radius 2 is 1.67 bits per heavy atom. The van der Waals surface area contributed by atoms with Crippen molar-refractivity contribution in [2.75, 3.05) is 19.7 Å². The van der Waals surface area contributed by atoms with Crippen molar-refractivity contribution in [3.05, 3.63) is 65.7 Å². The lowest BCUT2D eigenvalue weighted by Crippen LogP contribution is -2.33. The van der Waals surface area contributed by atoms with Gasteiger partial charge in [-0.25, -0.2) is 0 Å². The van der Waals surface area contributed by atoms with Crippen molar-refractivity contribution in [3.63, 3.8) is 0 Å². The van der Waals surface area contributed by atoms with Crippen LogP contribution in [-0.2, 0) is 0 Å². The summed E-state index contributed by atoms with van der Waals surface area (Å²) in [5, 5.41) is 0. The van der Waals surface area contributed by atoms with Crippen molar-refractivity contribution in [3.8, 4) is 17.6 Å². The highest BCUT2D eigenvalue weighted by atomic mass is 16.5. The van der Waals surface area contributed by atoms with Crippen LogP contribution in [0.3, 0.4) is 0 Å².